The molecule has 0 unspecified atom stereocenters. The Balaban J connectivity index is 1.60. The van der Waals surface area contributed by atoms with Crippen LogP contribution in [-0.2, 0) is 11.2 Å². The van der Waals surface area contributed by atoms with E-state index < -0.39 is 0 Å². The number of aryl methyl sites for hydroxylation is 2. The molecule has 24 heavy (non-hydrogen) atoms. The minimum atomic E-state index is 0.0466. The summed E-state index contributed by atoms with van der Waals surface area (Å²) in [5.41, 5.74) is 3.98. The second-order valence-corrected chi connectivity index (χ2v) is 6.75. The van der Waals surface area contributed by atoms with Crippen LogP contribution < -0.4 is 5.32 Å². The number of hydrogen-bond acceptors (Lipinski definition) is 3. The first-order chi connectivity index (χ1) is 11.7. The van der Waals surface area contributed by atoms with Crippen molar-refractivity contribution in [2.45, 2.75) is 26.2 Å². The number of rotatable bonds is 6. The van der Waals surface area contributed by atoms with Gasteiger partial charge < -0.3 is 5.32 Å². The summed E-state index contributed by atoms with van der Waals surface area (Å²) in [6.45, 7) is 1.99. The van der Waals surface area contributed by atoms with Gasteiger partial charge in [-0.15, -0.1) is 11.3 Å². The van der Waals surface area contributed by atoms with Gasteiger partial charge in [0.25, 0.3) is 0 Å². The van der Waals surface area contributed by atoms with E-state index in [0.29, 0.717) is 6.42 Å². The van der Waals surface area contributed by atoms with Gasteiger partial charge in [0.1, 0.15) is 0 Å². The molecule has 0 spiro atoms. The van der Waals surface area contributed by atoms with Gasteiger partial charge in [0.05, 0.1) is 16.4 Å². The predicted octanol–water partition coefficient (Wildman–Crippen LogP) is 5.08. The maximum Gasteiger partial charge on any atom is 0.224 e. The molecular formula is C20H20N2OS. The van der Waals surface area contributed by atoms with Gasteiger partial charge in [-0.2, -0.15) is 0 Å². The lowest BCUT2D eigenvalue weighted by atomic mass is 10.1. The number of carbonyl (C=O) groups excluding carboxylic acids is 1. The quantitative estimate of drug-likeness (QED) is 0.682. The second kappa shape index (κ2) is 7.88. The third kappa shape index (κ3) is 4.30. The Morgan fingerprint density at radius 3 is 2.58 bits per heavy atom. The second-order valence-electron chi connectivity index (χ2n) is 5.68. The fourth-order valence-electron chi connectivity index (χ4n) is 2.61. The van der Waals surface area contributed by atoms with E-state index in [0.717, 1.165) is 34.8 Å². The summed E-state index contributed by atoms with van der Waals surface area (Å²) in [5, 5.41) is 6.08. The van der Waals surface area contributed by atoms with E-state index in [4.69, 9.17) is 0 Å². The van der Waals surface area contributed by atoms with Crippen molar-refractivity contribution in [1.82, 2.24) is 4.98 Å². The summed E-state index contributed by atoms with van der Waals surface area (Å²) < 4.78 is 0. The van der Waals surface area contributed by atoms with Crippen LogP contribution in [0.2, 0.25) is 0 Å². The number of thiazole rings is 1. The van der Waals surface area contributed by atoms with E-state index in [2.05, 4.69) is 22.4 Å². The summed E-state index contributed by atoms with van der Waals surface area (Å²) in [4.78, 5) is 16.8. The van der Waals surface area contributed by atoms with Crippen LogP contribution in [0.1, 0.15) is 23.4 Å². The third-order valence-electron chi connectivity index (χ3n) is 3.81. The Labute approximate surface area is 146 Å². The molecule has 0 aliphatic heterocycles. The van der Waals surface area contributed by atoms with E-state index in [-0.39, 0.29) is 5.91 Å². The molecule has 1 N–H and O–H groups in total. The molecule has 3 aromatic rings. The number of benzene rings is 2. The molecule has 3 rings (SSSR count). The molecule has 0 saturated heterocycles. The fraction of sp³-hybridized carbons (Fsp3) is 0.200. The minimum absolute atomic E-state index is 0.0466. The van der Waals surface area contributed by atoms with Crippen molar-refractivity contribution in [1.29, 1.82) is 0 Å². The van der Waals surface area contributed by atoms with Crippen molar-refractivity contribution in [3.05, 3.63) is 70.5 Å². The molecule has 2 aromatic carbocycles. The maximum absolute atomic E-state index is 12.3. The molecule has 3 nitrogen and oxygen atoms in total. The molecule has 4 heteroatoms. The van der Waals surface area contributed by atoms with Crippen molar-refractivity contribution in [2.24, 2.45) is 0 Å². The van der Waals surface area contributed by atoms with Gasteiger partial charge in [0.2, 0.25) is 5.91 Å². The summed E-state index contributed by atoms with van der Waals surface area (Å²) >= 11 is 1.61. The van der Waals surface area contributed by atoms with E-state index >= 15 is 0 Å². The summed E-state index contributed by atoms with van der Waals surface area (Å²) in [6, 6.07) is 18.1. The van der Waals surface area contributed by atoms with E-state index in [1.54, 1.807) is 11.3 Å². The summed E-state index contributed by atoms with van der Waals surface area (Å²) in [5.74, 6) is 0.0466. The predicted molar refractivity (Wildman–Crippen MR) is 100 cm³/mol. The molecule has 0 aliphatic rings. The van der Waals surface area contributed by atoms with Crippen LogP contribution in [0.25, 0.3) is 11.3 Å². The van der Waals surface area contributed by atoms with Gasteiger partial charge in [0.15, 0.2) is 0 Å². The molecule has 0 aliphatic carbocycles. The number of anilines is 1. The molecule has 1 amide bonds. The van der Waals surface area contributed by atoms with Crippen molar-refractivity contribution in [3.8, 4) is 11.3 Å². The first kappa shape index (κ1) is 16.4. The first-order valence-electron chi connectivity index (χ1n) is 8.07. The van der Waals surface area contributed by atoms with Gasteiger partial charge >= 0.3 is 0 Å². The number of nitrogens with zero attached hydrogens (tertiary/aromatic N) is 1. The number of amides is 1. The molecule has 122 valence electrons. The Morgan fingerprint density at radius 2 is 1.83 bits per heavy atom. The minimum Gasteiger partial charge on any atom is -0.325 e. The highest BCUT2D eigenvalue weighted by Crippen LogP contribution is 2.28. The monoisotopic (exact) mass is 336 g/mol. The van der Waals surface area contributed by atoms with Crippen LogP contribution in [0.5, 0.6) is 0 Å². The summed E-state index contributed by atoms with van der Waals surface area (Å²) in [7, 11) is 0. The normalized spacial score (nSPS) is 10.5. The van der Waals surface area contributed by atoms with E-state index in [1.807, 2.05) is 54.8 Å². The zero-order valence-corrected chi connectivity index (χ0v) is 14.5. The van der Waals surface area contributed by atoms with Gasteiger partial charge in [-0.1, -0.05) is 48.5 Å². The highest BCUT2D eigenvalue weighted by Gasteiger charge is 2.10. The number of aromatic nitrogens is 1. The molecule has 1 heterocycles. The molecule has 1 aromatic heterocycles. The SMILES string of the molecule is Cc1nc(-c2ccccc2NC(=O)CCCc2ccccc2)cs1. The van der Waals surface area contributed by atoms with Crippen molar-refractivity contribution >= 4 is 22.9 Å². The lowest BCUT2D eigenvalue weighted by molar-refractivity contribution is -0.116. The van der Waals surface area contributed by atoms with Gasteiger partial charge in [0, 0.05) is 17.4 Å². The summed E-state index contributed by atoms with van der Waals surface area (Å²) in [6.07, 6.45) is 2.27. The number of nitrogens with one attached hydrogen (secondary N) is 1. The molecular weight excluding hydrogens is 316 g/mol. The molecule has 0 atom stereocenters. The Bertz CT molecular complexity index is 811. The van der Waals surface area contributed by atoms with Crippen LogP contribution in [0, 0.1) is 6.92 Å². The number of carbonyl (C=O) groups is 1. The largest absolute Gasteiger partial charge is 0.325 e. The highest BCUT2D eigenvalue weighted by molar-refractivity contribution is 7.09. The maximum atomic E-state index is 12.3. The van der Waals surface area contributed by atoms with Gasteiger partial charge in [-0.05, 0) is 31.4 Å². The Hall–Kier alpha value is -2.46. The van der Waals surface area contributed by atoms with Crippen LogP contribution in [0.4, 0.5) is 5.69 Å². The van der Waals surface area contributed by atoms with Crippen molar-refractivity contribution < 1.29 is 4.79 Å². The van der Waals surface area contributed by atoms with Crippen LogP contribution >= 0.6 is 11.3 Å². The van der Waals surface area contributed by atoms with Crippen molar-refractivity contribution in [2.75, 3.05) is 5.32 Å². The Morgan fingerprint density at radius 1 is 1.08 bits per heavy atom. The molecule has 0 bridgehead atoms. The van der Waals surface area contributed by atoms with Crippen molar-refractivity contribution in [3.63, 3.8) is 0 Å². The topological polar surface area (TPSA) is 42.0 Å². The lowest BCUT2D eigenvalue weighted by Crippen LogP contribution is -2.12. The van der Waals surface area contributed by atoms with Crippen LogP contribution in [0.3, 0.4) is 0 Å². The zero-order chi connectivity index (χ0) is 16.8. The standard InChI is InChI=1S/C20H20N2OS/c1-15-21-19(14-24-15)17-11-5-6-12-18(17)22-20(23)13-7-10-16-8-3-2-4-9-16/h2-6,8-9,11-12,14H,7,10,13H2,1H3,(H,22,23). The molecule has 0 fully saturated rings. The van der Waals surface area contributed by atoms with E-state index in [1.165, 1.54) is 5.56 Å². The lowest BCUT2D eigenvalue weighted by Gasteiger charge is -2.09. The van der Waals surface area contributed by atoms with E-state index in [9.17, 15) is 4.79 Å². The van der Waals surface area contributed by atoms with Crippen LogP contribution in [0.15, 0.2) is 60.0 Å². The smallest absolute Gasteiger partial charge is 0.224 e. The molecule has 0 saturated carbocycles. The van der Waals surface area contributed by atoms with Gasteiger partial charge in [-0.3, -0.25) is 4.79 Å². The van der Waals surface area contributed by atoms with Gasteiger partial charge in [-0.25, -0.2) is 4.98 Å². The number of para-hydroxylation sites is 1. The average Bonchev–Trinajstić information content (AvgIpc) is 3.02. The van der Waals surface area contributed by atoms with Crippen LogP contribution in [-0.4, -0.2) is 10.9 Å². The Kier molecular flexibility index (Phi) is 5.39. The zero-order valence-electron chi connectivity index (χ0n) is 13.7. The number of hydrogen-bond donors (Lipinski definition) is 1. The fourth-order valence-corrected chi connectivity index (χ4v) is 3.23. The third-order valence-corrected chi connectivity index (χ3v) is 4.58. The average molecular weight is 336 g/mol. The highest BCUT2D eigenvalue weighted by atomic mass is 32.1. The first-order valence-corrected chi connectivity index (χ1v) is 8.95. The molecule has 0 radical (unpaired) electrons.